The first-order valence-electron chi connectivity index (χ1n) is 13.3. The number of hydrogen-bond donors (Lipinski definition) is 0. The molecule has 0 unspecified atom stereocenters. The largest absolute Gasteiger partial charge is 0.298 e. The van der Waals surface area contributed by atoms with Gasteiger partial charge in [-0.2, -0.15) is 0 Å². The standard InChI is InChI=1S/C27H55NSi2/c1-7-20-29(21-8-2,22-9-3)26-17-15-13-14-16-18-28-19-27-30(23-10-4,24-11-5)25-12-6/h7,10,19H,1,4,8-9,11-18,20-27H2,2-3,5-6H3. The fraction of sp³-hybridized carbons (Fsp3) is 0.815. The summed E-state index contributed by atoms with van der Waals surface area (Å²) in [5.41, 5.74) is 0. The van der Waals surface area contributed by atoms with Gasteiger partial charge in [0.2, 0.25) is 0 Å². The van der Waals surface area contributed by atoms with Crippen molar-refractivity contribution in [1.82, 2.24) is 0 Å². The second-order valence-corrected chi connectivity index (χ2v) is 19.5. The van der Waals surface area contributed by atoms with Gasteiger partial charge >= 0.3 is 0 Å². The van der Waals surface area contributed by atoms with Crippen molar-refractivity contribution in [2.24, 2.45) is 4.99 Å². The number of nitrogens with zero attached hydrogens (tertiary/aromatic N) is 1. The first-order chi connectivity index (χ1) is 14.6. The Morgan fingerprint density at radius 2 is 1.03 bits per heavy atom. The summed E-state index contributed by atoms with van der Waals surface area (Å²) < 4.78 is 0. The van der Waals surface area contributed by atoms with Gasteiger partial charge in [0.25, 0.3) is 0 Å². The molecule has 0 N–H and O–H groups in total. The van der Waals surface area contributed by atoms with E-state index in [1.54, 1.807) is 0 Å². The molecule has 0 rings (SSSR count). The van der Waals surface area contributed by atoms with Crippen LogP contribution in [0.3, 0.4) is 0 Å². The van der Waals surface area contributed by atoms with Gasteiger partial charge in [-0.05, 0) is 30.8 Å². The molecule has 0 spiro atoms. The third-order valence-corrected chi connectivity index (χ3v) is 17.9. The molecule has 0 aromatic rings. The predicted octanol–water partition coefficient (Wildman–Crippen LogP) is 9.92. The maximum absolute atomic E-state index is 4.80. The van der Waals surface area contributed by atoms with Gasteiger partial charge in [0.05, 0.1) is 16.1 Å². The Balaban J connectivity index is 4.14. The first-order valence-corrected chi connectivity index (χ1v) is 18.9. The maximum atomic E-state index is 4.80. The zero-order valence-corrected chi connectivity index (χ0v) is 23.3. The van der Waals surface area contributed by atoms with E-state index in [-0.39, 0.29) is 0 Å². The molecule has 0 saturated carbocycles. The van der Waals surface area contributed by atoms with Crippen LogP contribution in [0.25, 0.3) is 0 Å². The van der Waals surface area contributed by atoms with Gasteiger partial charge in [-0.3, -0.25) is 4.99 Å². The molecule has 0 aliphatic heterocycles. The molecule has 0 amide bonds. The number of allylic oxidation sites excluding steroid dienone is 2. The Hall–Kier alpha value is -0.416. The van der Waals surface area contributed by atoms with Gasteiger partial charge in [-0.15, -0.1) is 13.2 Å². The van der Waals surface area contributed by atoms with Crippen LogP contribution in [-0.2, 0) is 0 Å². The van der Waals surface area contributed by atoms with Crippen molar-refractivity contribution < 1.29 is 0 Å². The highest BCUT2D eigenvalue weighted by Gasteiger charge is 2.29. The van der Waals surface area contributed by atoms with Crippen LogP contribution in [0.4, 0.5) is 0 Å². The van der Waals surface area contributed by atoms with Gasteiger partial charge < -0.3 is 0 Å². The van der Waals surface area contributed by atoms with E-state index in [4.69, 9.17) is 4.99 Å². The first kappa shape index (κ1) is 29.6. The van der Waals surface area contributed by atoms with Crippen molar-refractivity contribution in [3.63, 3.8) is 0 Å². The lowest BCUT2D eigenvalue weighted by molar-refractivity contribution is 0.634. The van der Waals surface area contributed by atoms with E-state index < -0.39 is 16.1 Å². The second-order valence-electron chi connectivity index (χ2n) is 9.80. The molecule has 0 aromatic carbocycles. The summed E-state index contributed by atoms with van der Waals surface area (Å²) in [7, 11) is -2.26. The second kappa shape index (κ2) is 19.3. The third kappa shape index (κ3) is 13.1. The van der Waals surface area contributed by atoms with Crippen molar-refractivity contribution in [1.29, 1.82) is 0 Å². The molecule has 1 nitrogen and oxygen atoms in total. The summed E-state index contributed by atoms with van der Waals surface area (Å²) in [6.07, 6.45) is 19.0. The molecule has 0 atom stereocenters. The SMILES string of the molecule is C=CC[Si](CC=NCCCCCCC[Si](CC=C)(CCC)CCC)(CCC)CCC. The minimum atomic E-state index is -1.19. The lowest BCUT2D eigenvalue weighted by Crippen LogP contribution is -2.33. The Kier molecular flexibility index (Phi) is 19.0. The van der Waals surface area contributed by atoms with E-state index in [2.05, 4.69) is 59.2 Å². The summed E-state index contributed by atoms with van der Waals surface area (Å²) in [6.45, 7) is 18.6. The number of unbranched alkanes of at least 4 members (excludes halogenated alkanes) is 4. The maximum Gasteiger partial charge on any atom is 0.0626 e. The molecule has 0 radical (unpaired) electrons. The molecule has 30 heavy (non-hydrogen) atoms. The summed E-state index contributed by atoms with van der Waals surface area (Å²) in [4.78, 5) is 4.80. The van der Waals surface area contributed by atoms with E-state index in [9.17, 15) is 0 Å². The summed E-state index contributed by atoms with van der Waals surface area (Å²) in [5.74, 6) is 0. The quantitative estimate of drug-likeness (QED) is 0.0674. The highest BCUT2D eigenvalue weighted by Crippen LogP contribution is 2.31. The lowest BCUT2D eigenvalue weighted by Gasteiger charge is -2.30. The van der Waals surface area contributed by atoms with E-state index in [0.717, 1.165) is 6.54 Å². The average Bonchev–Trinajstić information content (AvgIpc) is 2.70. The molecule has 0 saturated heterocycles. The van der Waals surface area contributed by atoms with Crippen LogP contribution in [0.5, 0.6) is 0 Å². The van der Waals surface area contributed by atoms with Gasteiger partial charge in [-0.1, -0.05) is 121 Å². The Bertz CT molecular complexity index is 432. The Morgan fingerprint density at radius 3 is 1.57 bits per heavy atom. The van der Waals surface area contributed by atoms with Gasteiger partial charge in [0.15, 0.2) is 0 Å². The highest BCUT2D eigenvalue weighted by molar-refractivity contribution is 6.82. The van der Waals surface area contributed by atoms with Crippen LogP contribution in [-0.4, -0.2) is 28.9 Å². The minimum absolute atomic E-state index is 1.04. The topological polar surface area (TPSA) is 12.4 Å². The zero-order valence-electron chi connectivity index (χ0n) is 21.3. The molecule has 0 heterocycles. The predicted molar refractivity (Wildman–Crippen MR) is 148 cm³/mol. The van der Waals surface area contributed by atoms with E-state index in [1.165, 1.54) is 106 Å². The Morgan fingerprint density at radius 1 is 0.567 bits per heavy atom. The van der Waals surface area contributed by atoms with E-state index in [0.29, 0.717) is 0 Å². The van der Waals surface area contributed by atoms with Crippen molar-refractivity contribution in [2.45, 2.75) is 134 Å². The van der Waals surface area contributed by atoms with Gasteiger partial charge in [0.1, 0.15) is 0 Å². The smallest absolute Gasteiger partial charge is 0.0626 e. The lowest BCUT2D eigenvalue weighted by atomic mass is 10.1. The minimum Gasteiger partial charge on any atom is -0.298 e. The van der Waals surface area contributed by atoms with Crippen LogP contribution in [0.15, 0.2) is 30.3 Å². The molecular formula is C27H55NSi2. The normalized spacial score (nSPS) is 12.5. The molecule has 0 aliphatic carbocycles. The van der Waals surface area contributed by atoms with Gasteiger partial charge in [-0.25, -0.2) is 0 Å². The van der Waals surface area contributed by atoms with Gasteiger partial charge in [0, 0.05) is 6.54 Å². The Labute approximate surface area is 193 Å². The average molecular weight is 450 g/mol. The molecule has 0 bridgehead atoms. The number of hydrogen-bond acceptors (Lipinski definition) is 1. The molecular weight excluding hydrogens is 394 g/mol. The fourth-order valence-corrected chi connectivity index (χ4v) is 15.2. The van der Waals surface area contributed by atoms with Crippen molar-refractivity contribution in [3.05, 3.63) is 25.3 Å². The zero-order chi connectivity index (χ0) is 22.6. The summed E-state index contributed by atoms with van der Waals surface area (Å²) in [5, 5.41) is 0. The third-order valence-electron chi connectivity index (χ3n) is 6.92. The van der Waals surface area contributed by atoms with Crippen molar-refractivity contribution in [3.8, 4) is 0 Å². The van der Waals surface area contributed by atoms with Crippen LogP contribution in [0.2, 0.25) is 48.4 Å². The van der Waals surface area contributed by atoms with E-state index in [1.807, 2.05) is 0 Å². The van der Waals surface area contributed by atoms with Crippen LogP contribution < -0.4 is 0 Å². The molecule has 0 aliphatic rings. The summed E-state index contributed by atoms with van der Waals surface area (Å²) >= 11 is 0. The van der Waals surface area contributed by atoms with Crippen molar-refractivity contribution >= 4 is 22.4 Å². The fourth-order valence-electron chi connectivity index (χ4n) is 5.61. The number of rotatable bonds is 22. The van der Waals surface area contributed by atoms with Crippen LogP contribution in [0.1, 0.15) is 85.5 Å². The highest BCUT2D eigenvalue weighted by atomic mass is 28.3. The van der Waals surface area contributed by atoms with E-state index >= 15 is 0 Å². The number of aliphatic imine (C=N–C) groups is 1. The van der Waals surface area contributed by atoms with Crippen molar-refractivity contribution in [2.75, 3.05) is 6.54 Å². The summed E-state index contributed by atoms with van der Waals surface area (Å²) in [6, 6.07) is 11.3. The molecule has 0 fully saturated rings. The van der Waals surface area contributed by atoms with Crippen LogP contribution in [0, 0.1) is 0 Å². The monoisotopic (exact) mass is 449 g/mol. The molecule has 0 aromatic heterocycles. The molecule has 3 heteroatoms. The molecule has 176 valence electrons. The van der Waals surface area contributed by atoms with Crippen LogP contribution >= 0.6 is 0 Å².